The van der Waals surface area contributed by atoms with Crippen LogP contribution in [0.25, 0.3) is 0 Å². The number of aliphatic hydroxyl groups excluding tert-OH is 1. The van der Waals surface area contributed by atoms with Crippen LogP contribution in [0, 0.1) is 5.92 Å². The largest absolute Gasteiger partial charge is 0.482 e. The SMILES string of the molecule is C[C@@H]1[C@@H]([Si](C)(C)F)[C@H](CCn2cc(CCO)nn2)O[C@@]12C(=O)N(Cc1cccc(N3C(=O)COc4ccccc43)c1)c1ccc(Br)cc12. The number of nitrogens with zero attached hydrogens (tertiary/aromatic N) is 5. The van der Waals surface area contributed by atoms with Crippen LogP contribution in [0.4, 0.5) is 21.2 Å². The van der Waals surface area contributed by atoms with Gasteiger partial charge in [-0.15, -0.1) is 5.10 Å². The van der Waals surface area contributed by atoms with Gasteiger partial charge in [0, 0.05) is 53.0 Å². The molecule has 250 valence electrons. The normalized spacial score (nSPS) is 23.5. The van der Waals surface area contributed by atoms with Crippen molar-refractivity contribution < 1.29 is 28.3 Å². The number of ether oxygens (including phenoxy) is 2. The van der Waals surface area contributed by atoms with E-state index in [-0.39, 0.29) is 31.6 Å². The minimum Gasteiger partial charge on any atom is -0.482 e. The second kappa shape index (κ2) is 12.5. The van der Waals surface area contributed by atoms with Gasteiger partial charge in [-0.1, -0.05) is 52.3 Å². The maximum absolute atomic E-state index is 16.3. The number of para-hydroxylation sites is 2. The van der Waals surface area contributed by atoms with Crippen molar-refractivity contribution in [1.29, 1.82) is 0 Å². The van der Waals surface area contributed by atoms with Crippen molar-refractivity contribution in [3.63, 3.8) is 0 Å². The lowest BCUT2D eigenvalue weighted by Crippen LogP contribution is -2.45. The van der Waals surface area contributed by atoms with E-state index in [9.17, 15) is 14.7 Å². The van der Waals surface area contributed by atoms with E-state index in [1.165, 1.54) is 0 Å². The lowest BCUT2D eigenvalue weighted by molar-refractivity contribution is -0.146. The van der Waals surface area contributed by atoms with Crippen LogP contribution in [0.15, 0.2) is 77.4 Å². The van der Waals surface area contributed by atoms with Crippen molar-refractivity contribution in [2.45, 2.75) is 63.2 Å². The molecular weight excluding hydrogens is 697 g/mol. The number of aryl methyl sites for hydroxylation is 1. The zero-order valence-corrected chi connectivity index (χ0v) is 29.6. The molecular formula is C35H37BrFN5O5Si. The molecule has 0 bridgehead atoms. The smallest absolute Gasteiger partial charge is 0.269 e. The van der Waals surface area contributed by atoms with Crippen LogP contribution < -0.4 is 14.5 Å². The topological polar surface area (TPSA) is 110 Å². The Morgan fingerprint density at radius 2 is 1.90 bits per heavy atom. The Bertz CT molecular complexity index is 1880. The van der Waals surface area contributed by atoms with Gasteiger partial charge >= 0.3 is 0 Å². The predicted molar refractivity (Wildman–Crippen MR) is 184 cm³/mol. The predicted octanol–water partition coefficient (Wildman–Crippen LogP) is 6.04. The minimum absolute atomic E-state index is 0.0225. The van der Waals surface area contributed by atoms with Crippen LogP contribution >= 0.6 is 15.9 Å². The van der Waals surface area contributed by atoms with Crippen molar-refractivity contribution in [2.75, 3.05) is 23.0 Å². The van der Waals surface area contributed by atoms with Crippen LogP contribution in [0.1, 0.15) is 30.2 Å². The monoisotopic (exact) mass is 733 g/mol. The third-order valence-electron chi connectivity index (χ3n) is 9.74. The van der Waals surface area contributed by atoms with E-state index in [1.807, 2.05) is 73.7 Å². The number of hydrogen-bond acceptors (Lipinski definition) is 7. The van der Waals surface area contributed by atoms with Crippen LogP contribution in [0.3, 0.4) is 0 Å². The molecule has 1 aromatic heterocycles. The summed E-state index contributed by atoms with van der Waals surface area (Å²) in [5.41, 5.74) is 2.46. The summed E-state index contributed by atoms with van der Waals surface area (Å²) in [7, 11) is -3.35. The first-order chi connectivity index (χ1) is 23.0. The van der Waals surface area contributed by atoms with Crippen molar-refractivity contribution in [3.8, 4) is 5.75 Å². The molecule has 3 aliphatic rings. The summed E-state index contributed by atoms with van der Waals surface area (Å²) in [5.74, 6) is -0.216. The fourth-order valence-corrected chi connectivity index (χ4v) is 10.6. The maximum atomic E-state index is 16.3. The molecule has 1 fully saturated rings. The summed E-state index contributed by atoms with van der Waals surface area (Å²) in [6.45, 7) is 5.91. The number of rotatable bonds is 9. The van der Waals surface area contributed by atoms with Crippen LogP contribution in [0.2, 0.25) is 18.6 Å². The zero-order valence-electron chi connectivity index (χ0n) is 27.0. The first kappa shape index (κ1) is 32.6. The van der Waals surface area contributed by atoms with Crippen molar-refractivity contribution in [2.24, 2.45) is 5.92 Å². The van der Waals surface area contributed by atoms with Gasteiger partial charge in [0.2, 0.25) is 8.41 Å². The third kappa shape index (κ3) is 5.56. The van der Waals surface area contributed by atoms with E-state index in [1.54, 1.807) is 33.8 Å². The summed E-state index contributed by atoms with van der Waals surface area (Å²) < 4.78 is 31.3. The fraction of sp³-hybridized carbons (Fsp3) is 0.371. The molecule has 4 aromatic rings. The van der Waals surface area contributed by atoms with E-state index in [4.69, 9.17) is 9.47 Å². The number of aromatic nitrogens is 3. The highest BCUT2D eigenvalue weighted by Crippen LogP contribution is 2.60. The zero-order chi connectivity index (χ0) is 33.8. The number of amides is 2. The van der Waals surface area contributed by atoms with Gasteiger partial charge in [0.25, 0.3) is 11.8 Å². The summed E-state index contributed by atoms with van der Waals surface area (Å²) >= 11 is 3.61. The van der Waals surface area contributed by atoms with Gasteiger partial charge in [-0.3, -0.25) is 19.2 Å². The Kier molecular flexibility index (Phi) is 8.51. The summed E-state index contributed by atoms with van der Waals surface area (Å²) in [6.07, 6.45) is 2.11. The van der Waals surface area contributed by atoms with Gasteiger partial charge in [-0.25, -0.2) is 0 Å². The lowest BCUT2D eigenvalue weighted by Gasteiger charge is -2.31. The van der Waals surface area contributed by atoms with Gasteiger partial charge in [0.15, 0.2) is 12.2 Å². The average molecular weight is 735 g/mol. The Hall–Kier alpha value is -3.91. The Morgan fingerprint density at radius 3 is 2.69 bits per heavy atom. The number of fused-ring (bicyclic) bond motifs is 3. The molecule has 1 N–H and O–H groups in total. The van der Waals surface area contributed by atoms with Crippen molar-refractivity contribution >= 4 is 53.2 Å². The van der Waals surface area contributed by atoms with Gasteiger partial charge in [0.1, 0.15) is 5.75 Å². The number of benzene rings is 3. The summed E-state index contributed by atoms with van der Waals surface area (Å²) in [4.78, 5) is 31.3. The van der Waals surface area contributed by atoms with E-state index in [2.05, 4.69) is 26.2 Å². The number of aliphatic hydroxyl groups is 1. The molecule has 0 saturated carbocycles. The van der Waals surface area contributed by atoms with E-state index in [0.717, 1.165) is 21.3 Å². The molecule has 0 radical (unpaired) electrons. The Labute approximate surface area is 287 Å². The first-order valence-corrected chi connectivity index (χ1v) is 19.9. The Balaban J connectivity index is 1.21. The minimum atomic E-state index is -3.35. The Morgan fingerprint density at radius 1 is 1.08 bits per heavy atom. The molecule has 48 heavy (non-hydrogen) atoms. The van der Waals surface area contributed by atoms with Gasteiger partial charge in [-0.2, -0.15) is 0 Å². The first-order valence-electron chi connectivity index (χ1n) is 16.1. The lowest BCUT2D eigenvalue weighted by atomic mass is 9.82. The summed E-state index contributed by atoms with van der Waals surface area (Å²) in [6, 6.07) is 20.7. The van der Waals surface area contributed by atoms with E-state index in [0.29, 0.717) is 42.2 Å². The number of halogens is 2. The third-order valence-corrected chi connectivity index (χ3v) is 12.7. The highest BCUT2D eigenvalue weighted by atomic mass is 79.9. The molecule has 1 spiro atoms. The maximum Gasteiger partial charge on any atom is 0.269 e. The number of anilines is 3. The molecule has 1 saturated heterocycles. The molecule has 13 heteroatoms. The molecule has 3 aromatic carbocycles. The second-order valence-electron chi connectivity index (χ2n) is 13.2. The molecule has 10 nitrogen and oxygen atoms in total. The standard InChI is InChI=1S/C35H37BrFN5O5Si/c1-22-33(48(2,3)37)31(13-15-40-20-25(14-16-43)38-39-40)47-35(22)27-18-24(36)11-12-28(27)41(34(35)45)19-23-7-6-8-26(17-23)42-29-9-4-5-10-30(29)46-21-32(42)44/h4-12,17-18,20,22,31,33,43H,13-16,19,21H2,1-3H3/t22-,31+,33-,35+/m1/s1. The second-order valence-corrected chi connectivity index (χ2v) is 17.9. The quantitative estimate of drug-likeness (QED) is 0.165. The molecule has 0 unspecified atom stereocenters. The molecule has 7 rings (SSSR count). The molecule has 4 atom stereocenters. The van der Waals surface area contributed by atoms with Gasteiger partial charge in [0.05, 0.1) is 29.7 Å². The average Bonchev–Trinajstić information content (AvgIpc) is 3.70. The summed E-state index contributed by atoms with van der Waals surface area (Å²) in [5, 5.41) is 17.6. The van der Waals surface area contributed by atoms with Crippen molar-refractivity contribution in [3.05, 3.63) is 94.2 Å². The van der Waals surface area contributed by atoms with Gasteiger partial charge < -0.3 is 23.6 Å². The number of carbonyl (C=O) groups is 2. The fourth-order valence-electron chi connectivity index (χ4n) is 7.74. The molecule has 3 aliphatic heterocycles. The molecule has 4 heterocycles. The molecule has 2 amide bonds. The molecule has 0 aliphatic carbocycles. The highest BCUT2D eigenvalue weighted by molar-refractivity contribution is 9.10. The van der Waals surface area contributed by atoms with E-state index >= 15 is 4.11 Å². The number of carbonyl (C=O) groups excluding carboxylic acids is 2. The highest BCUT2D eigenvalue weighted by Gasteiger charge is 2.66. The van der Waals surface area contributed by atoms with Gasteiger partial charge in [-0.05, 0) is 67.5 Å². The van der Waals surface area contributed by atoms with Crippen LogP contribution in [-0.2, 0) is 39.4 Å². The van der Waals surface area contributed by atoms with Crippen molar-refractivity contribution in [1.82, 2.24) is 15.0 Å². The van der Waals surface area contributed by atoms with Crippen LogP contribution in [0.5, 0.6) is 5.75 Å². The van der Waals surface area contributed by atoms with E-state index < -0.39 is 31.6 Å². The van der Waals surface area contributed by atoms with Crippen LogP contribution in [-0.4, -0.2) is 59.6 Å². The number of hydrogen-bond donors (Lipinski definition) is 1.